The molecule has 90 valence electrons. The van der Waals surface area contributed by atoms with Gasteiger partial charge in [-0.1, -0.05) is 28.1 Å². The standard InChI is InChI=1S/C15H11BrFN/c16-13-3-1-2-11(8-13)10-18-7-6-12-9-14(17)4-5-15(12)18/h1-9H,10H2. The van der Waals surface area contributed by atoms with E-state index in [4.69, 9.17) is 0 Å². The number of halogens is 2. The van der Waals surface area contributed by atoms with Gasteiger partial charge in [-0.15, -0.1) is 0 Å². The summed E-state index contributed by atoms with van der Waals surface area (Å²) in [6, 6.07) is 15.0. The Labute approximate surface area is 113 Å². The summed E-state index contributed by atoms with van der Waals surface area (Å²) < 4.78 is 16.3. The Morgan fingerprint density at radius 3 is 2.78 bits per heavy atom. The fraction of sp³-hybridized carbons (Fsp3) is 0.0667. The summed E-state index contributed by atoms with van der Waals surface area (Å²) in [4.78, 5) is 0. The van der Waals surface area contributed by atoms with Gasteiger partial charge in [0.05, 0.1) is 0 Å². The topological polar surface area (TPSA) is 4.93 Å². The quantitative estimate of drug-likeness (QED) is 0.652. The monoisotopic (exact) mass is 303 g/mol. The maximum absolute atomic E-state index is 13.1. The van der Waals surface area contributed by atoms with Crippen LogP contribution in [0.2, 0.25) is 0 Å². The van der Waals surface area contributed by atoms with Crippen molar-refractivity contribution in [3.63, 3.8) is 0 Å². The Morgan fingerprint density at radius 2 is 1.94 bits per heavy atom. The summed E-state index contributed by atoms with van der Waals surface area (Å²) in [5.74, 6) is -0.192. The van der Waals surface area contributed by atoms with Gasteiger partial charge in [0.2, 0.25) is 0 Å². The molecule has 1 nitrogen and oxygen atoms in total. The van der Waals surface area contributed by atoms with Crippen LogP contribution in [0.3, 0.4) is 0 Å². The Morgan fingerprint density at radius 1 is 1.06 bits per heavy atom. The Hall–Kier alpha value is -1.61. The first-order valence-electron chi connectivity index (χ1n) is 5.71. The average Bonchev–Trinajstić information content (AvgIpc) is 2.72. The SMILES string of the molecule is Fc1ccc2c(ccn2Cc2cccc(Br)c2)c1. The lowest BCUT2D eigenvalue weighted by Gasteiger charge is -2.06. The molecule has 0 fully saturated rings. The summed E-state index contributed by atoms with van der Waals surface area (Å²) >= 11 is 3.47. The highest BCUT2D eigenvalue weighted by Crippen LogP contribution is 2.19. The first-order chi connectivity index (χ1) is 8.72. The van der Waals surface area contributed by atoms with Crippen molar-refractivity contribution in [1.29, 1.82) is 0 Å². The molecular formula is C15H11BrFN. The van der Waals surface area contributed by atoms with Gasteiger partial charge in [-0.3, -0.25) is 0 Å². The molecule has 1 heterocycles. The van der Waals surface area contributed by atoms with E-state index in [9.17, 15) is 4.39 Å². The van der Waals surface area contributed by atoms with Gasteiger partial charge in [0, 0.05) is 28.1 Å². The zero-order chi connectivity index (χ0) is 12.5. The number of hydrogen-bond acceptors (Lipinski definition) is 0. The molecule has 3 heteroatoms. The second kappa shape index (κ2) is 4.58. The highest BCUT2D eigenvalue weighted by molar-refractivity contribution is 9.10. The number of aromatic nitrogens is 1. The molecule has 2 aromatic carbocycles. The highest BCUT2D eigenvalue weighted by Gasteiger charge is 2.03. The maximum Gasteiger partial charge on any atom is 0.123 e. The van der Waals surface area contributed by atoms with Gasteiger partial charge in [0.1, 0.15) is 5.82 Å². The van der Waals surface area contributed by atoms with E-state index in [1.54, 1.807) is 6.07 Å². The summed E-state index contributed by atoms with van der Waals surface area (Å²) in [6.45, 7) is 0.786. The summed E-state index contributed by atoms with van der Waals surface area (Å²) in [5, 5.41) is 0.935. The first-order valence-corrected chi connectivity index (χ1v) is 6.50. The van der Waals surface area contributed by atoms with Crippen molar-refractivity contribution in [2.24, 2.45) is 0 Å². The molecule has 0 saturated heterocycles. The molecule has 0 aliphatic heterocycles. The van der Waals surface area contributed by atoms with Crippen LogP contribution in [0, 0.1) is 5.82 Å². The van der Waals surface area contributed by atoms with E-state index in [0.717, 1.165) is 21.9 Å². The lowest BCUT2D eigenvalue weighted by molar-refractivity contribution is 0.629. The molecule has 0 radical (unpaired) electrons. The van der Waals surface area contributed by atoms with E-state index >= 15 is 0 Å². The third kappa shape index (κ3) is 2.18. The Bertz CT molecular complexity index is 703. The lowest BCUT2D eigenvalue weighted by Crippen LogP contribution is -1.97. The van der Waals surface area contributed by atoms with Crippen LogP contribution in [0.5, 0.6) is 0 Å². The number of rotatable bonds is 2. The molecule has 3 rings (SSSR count). The molecule has 0 saturated carbocycles. The molecule has 0 unspecified atom stereocenters. The minimum atomic E-state index is -0.192. The third-order valence-corrected chi connectivity index (χ3v) is 3.47. The van der Waals surface area contributed by atoms with Crippen molar-refractivity contribution in [1.82, 2.24) is 4.57 Å². The van der Waals surface area contributed by atoms with Crippen LogP contribution in [0.15, 0.2) is 59.2 Å². The van der Waals surface area contributed by atoms with Crippen LogP contribution < -0.4 is 0 Å². The molecule has 3 aromatic rings. The molecule has 0 bridgehead atoms. The van der Waals surface area contributed by atoms with Crippen LogP contribution >= 0.6 is 15.9 Å². The van der Waals surface area contributed by atoms with Crippen molar-refractivity contribution in [3.8, 4) is 0 Å². The fourth-order valence-electron chi connectivity index (χ4n) is 2.14. The van der Waals surface area contributed by atoms with Gasteiger partial charge in [-0.05, 0) is 42.0 Å². The van der Waals surface area contributed by atoms with Gasteiger partial charge < -0.3 is 4.57 Å². The van der Waals surface area contributed by atoms with Gasteiger partial charge in [-0.2, -0.15) is 0 Å². The first kappa shape index (κ1) is 11.5. The van der Waals surface area contributed by atoms with Crippen molar-refractivity contribution in [2.45, 2.75) is 6.54 Å². The minimum absolute atomic E-state index is 0.192. The molecule has 0 aliphatic carbocycles. The predicted octanol–water partition coefficient (Wildman–Crippen LogP) is 4.59. The maximum atomic E-state index is 13.1. The third-order valence-electron chi connectivity index (χ3n) is 2.97. The largest absolute Gasteiger partial charge is 0.343 e. The zero-order valence-electron chi connectivity index (χ0n) is 9.61. The zero-order valence-corrected chi connectivity index (χ0v) is 11.2. The highest BCUT2D eigenvalue weighted by atomic mass is 79.9. The summed E-state index contributed by atoms with van der Waals surface area (Å²) in [5.41, 5.74) is 2.27. The number of hydrogen-bond donors (Lipinski definition) is 0. The second-order valence-electron chi connectivity index (χ2n) is 4.28. The minimum Gasteiger partial charge on any atom is -0.343 e. The molecule has 0 amide bonds. The van der Waals surface area contributed by atoms with Crippen LogP contribution in [-0.2, 0) is 6.54 Å². The Balaban J connectivity index is 2.00. The van der Waals surface area contributed by atoms with Crippen molar-refractivity contribution in [3.05, 3.63) is 70.6 Å². The smallest absolute Gasteiger partial charge is 0.123 e. The van der Waals surface area contributed by atoms with Crippen molar-refractivity contribution in [2.75, 3.05) is 0 Å². The predicted molar refractivity (Wildman–Crippen MR) is 75.1 cm³/mol. The number of nitrogens with zero attached hydrogens (tertiary/aromatic N) is 1. The molecule has 0 spiro atoms. The second-order valence-corrected chi connectivity index (χ2v) is 5.19. The van der Waals surface area contributed by atoms with E-state index in [1.807, 2.05) is 30.5 Å². The van der Waals surface area contributed by atoms with E-state index < -0.39 is 0 Å². The number of benzene rings is 2. The van der Waals surface area contributed by atoms with Crippen LogP contribution in [0.1, 0.15) is 5.56 Å². The van der Waals surface area contributed by atoms with E-state index in [0.29, 0.717) is 0 Å². The number of fused-ring (bicyclic) bond motifs is 1. The van der Waals surface area contributed by atoms with Gasteiger partial charge in [0.15, 0.2) is 0 Å². The fourth-order valence-corrected chi connectivity index (χ4v) is 2.59. The summed E-state index contributed by atoms with van der Waals surface area (Å²) in [7, 11) is 0. The lowest BCUT2D eigenvalue weighted by atomic mass is 10.2. The summed E-state index contributed by atoms with van der Waals surface area (Å²) in [6.07, 6.45) is 1.99. The van der Waals surface area contributed by atoms with E-state index in [-0.39, 0.29) is 5.82 Å². The molecule has 0 atom stereocenters. The molecule has 18 heavy (non-hydrogen) atoms. The van der Waals surface area contributed by atoms with Gasteiger partial charge in [0.25, 0.3) is 0 Å². The van der Waals surface area contributed by atoms with Crippen LogP contribution in [-0.4, -0.2) is 4.57 Å². The van der Waals surface area contributed by atoms with Crippen molar-refractivity contribution >= 4 is 26.8 Å². The Kier molecular flexibility index (Phi) is 2.92. The van der Waals surface area contributed by atoms with Crippen LogP contribution in [0.25, 0.3) is 10.9 Å². The average molecular weight is 304 g/mol. The molecule has 0 aliphatic rings. The van der Waals surface area contributed by atoms with E-state index in [2.05, 4.69) is 32.6 Å². The molecule has 1 aromatic heterocycles. The molecular weight excluding hydrogens is 293 g/mol. The van der Waals surface area contributed by atoms with E-state index in [1.165, 1.54) is 11.6 Å². The van der Waals surface area contributed by atoms with Gasteiger partial charge >= 0.3 is 0 Å². The van der Waals surface area contributed by atoms with Crippen molar-refractivity contribution < 1.29 is 4.39 Å². The molecule has 0 N–H and O–H groups in total. The van der Waals surface area contributed by atoms with Gasteiger partial charge in [-0.25, -0.2) is 4.39 Å². The normalized spacial score (nSPS) is 11.0. The van der Waals surface area contributed by atoms with Crippen LogP contribution in [0.4, 0.5) is 4.39 Å².